The van der Waals surface area contributed by atoms with Crippen LogP contribution in [0.3, 0.4) is 0 Å². The number of rotatable bonds is 6. The third-order valence-corrected chi connectivity index (χ3v) is 6.09. The van der Waals surface area contributed by atoms with Gasteiger partial charge in [0.05, 0.1) is 5.75 Å². The topological polar surface area (TPSA) is 74.6 Å². The fourth-order valence-electron chi connectivity index (χ4n) is 3.78. The Hall–Kier alpha value is -1.96. The lowest BCUT2D eigenvalue weighted by molar-refractivity contribution is -0.0957. The van der Waals surface area contributed by atoms with E-state index in [1.54, 1.807) is 6.92 Å². The number of benzene rings is 1. The van der Waals surface area contributed by atoms with E-state index in [0.717, 1.165) is 18.4 Å². The summed E-state index contributed by atoms with van der Waals surface area (Å²) in [5.41, 5.74) is 0.791. The van der Waals surface area contributed by atoms with E-state index >= 15 is 0 Å². The Morgan fingerprint density at radius 3 is 2.46 bits per heavy atom. The number of aryl methyl sites for hydroxylation is 1. The molecule has 8 heteroatoms. The van der Waals surface area contributed by atoms with Crippen molar-refractivity contribution < 1.29 is 31.8 Å². The Bertz CT molecular complexity index is 885. The van der Waals surface area contributed by atoms with Gasteiger partial charge in [0.1, 0.15) is 21.3 Å². The molecule has 1 aromatic rings. The lowest BCUT2D eigenvalue weighted by Gasteiger charge is -2.33. The molecule has 1 aliphatic carbocycles. The summed E-state index contributed by atoms with van der Waals surface area (Å²) in [7, 11) is -3.20. The predicted octanol–water partition coefficient (Wildman–Crippen LogP) is 4.63. The Morgan fingerprint density at radius 1 is 1.29 bits per heavy atom. The van der Waals surface area contributed by atoms with Crippen molar-refractivity contribution in [2.24, 2.45) is 5.92 Å². The molecule has 0 spiro atoms. The summed E-state index contributed by atoms with van der Waals surface area (Å²) in [5.74, 6) is -1.67. The Kier molecular flexibility index (Phi) is 6.53. The minimum Gasteiger partial charge on any atom is -0.508 e. The fraction of sp³-hybridized carbons (Fsp3) is 0.500. The van der Waals surface area contributed by atoms with E-state index in [9.17, 15) is 31.8 Å². The third kappa shape index (κ3) is 5.53. The summed E-state index contributed by atoms with van der Waals surface area (Å²) in [4.78, 5) is 0. The third-order valence-electron chi connectivity index (χ3n) is 5.06. The lowest BCUT2D eigenvalue weighted by atomic mass is 9.72. The molecule has 1 aliphatic rings. The SMILES string of the molecule is C=C(C)[C@@H]1CCC(C(F)(F)F)=C[C@H]1c1c(O)cc(O)cc1CCCS(C)(=O)=O. The monoisotopic (exact) mass is 418 g/mol. The zero-order chi connectivity index (χ0) is 21.3. The maximum atomic E-state index is 13.3. The Morgan fingerprint density at radius 2 is 1.93 bits per heavy atom. The van der Waals surface area contributed by atoms with Crippen LogP contribution < -0.4 is 0 Å². The Labute approximate surface area is 163 Å². The van der Waals surface area contributed by atoms with Gasteiger partial charge in [0.25, 0.3) is 0 Å². The highest BCUT2D eigenvalue weighted by molar-refractivity contribution is 7.90. The highest BCUT2D eigenvalue weighted by atomic mass is 32.2. The van der Waals surface area contributed by atoms with Gasteiger partial charge < -0.3 is 10.2 Å². The quantitative estimate of drug-likeness (QED) is 0.661. The number of aromatic hydroxyl groups is 2. The molecule has 0 unspecified atom stereocenters. The van der Waals surface area contributed by atoms with E-state index in [4.69, 9.17) is 0 Å². The number of phenols is 2. The van der Waals surface area contributed by atoms with Crippen LogP contribution in [0.25, 0.3) is 0 Å². The van der Waals surface area contributed by atoms with Crippen molar-refractivity contribution in [3.8, 4) is 11.5 Å². The molecule has 2 rings (SSSR count). The number of alkyl halides is 3. The second kappa shape index (κ2) is 8.19. The molecular formula is C20H25F3O4S. The number of hydrogen-bond acceptors (Lipinski definition) is 4. The number of hydrogen-bond donors (Lipinski definition) is 2. The van der Waals surface area contributed by atoms with Gasteiger partial charge in [-0.15, -0.1) is 0 Å². The zero-order valence-electron chi connectivity index (χ0n) is 15.9. The highest BCUT2D eigenvalue weighted by Crippen LogP contribution is 2.48. The van der Waals surface area contributed by atoms with Crippen LogP contribution >= 0.6 is 0 Å². The molecule has 4 nitrogen and oxygen atoms in total. The van der Waals surface area contributed by atoms with E-state index in [0.29, 0.717) is 16.7 Å². The molecule has 2 N–H and O–H groups in total. The molecular weight excluding hydrogens is 393 g/mol. The van der Waals surface area contributed by atoms with Crippen LogP contribution in [0.4, 0.5) is 13.2 Å². The van der Waals surface area contributed by atoms with Gasteiger partial charge in [-0.2, -0.15) is 13.2 Å². The standard InChI is InChI=1S/C20H25F3O4S/c1-12(2)16-7-6-14(20(21,22)23)10-17(16)19-13(5-4-8-28(3,26)27)9-15(24)11-18(19)25/h9-11,16-17,24-25H,1,4-8H2,2-3H3/t16-,17+/m0/s1. The molecule has 0 bridgehead atoms. The molecule has 0 amide bonds. The first-order chi connectivity index (χ1) is 12.8. The van der Waals surface area contributed by atoms with Gasteiger partial charge in [0.2, 0.25) is 0 Å². The molecule has 0 saturated heterocycles. The van der Waals surface area contributed by atoms with E-state index < -0.39 is 27.5 Å². The molecule has 0 radical (unpaired) electrons. The van der Waals surface area contributed by atoms with Gasteiger partial charge in [-0.1, -0.05) is 18.2 Å². The van der Waals surface area contributed by atoms with Gasteiger partial charge >= 0.3 is 6.18 Å². The van der Waals surface area contributed by atoms with Crippen LogP contribution in [0, 0.1) is 5.92 Å². The summed E-state index contributed by atoms with van der Waals surface area (Å²) in [6, 6.07) is 2.48. The summed E-state index contributed by atoms with van der Waals surface area (Å²) >= 11 is 0. The molecule has 156 valence electrons. The largest absolute Gasteiger partial charge is 0.508 e. The first-order valence-electron chi connectivity index (χ1n) is 8.95. The minimum absolute atomic E-state index is 0.0962. The first kappa shape index (κ1) is 22.3. The molecule has 0 aromatic heterocycles. The smallest absolute Gasteiger partial charge is 0.412 e. The zero-order valence-corrected chi connectivity index (χ0v) is 16.7. The van der Waals surface area contributed by atoms with Gasteiger partial charge in [0, 0.05) is 29.4 Å². The lowest BCUT2D eigenvalue weighted by Crippen LogP contribution is -2.24. The van der Waals surface area contributed by atoms with Crippen LogP contribution in [0.5, 0.6) is 11.5 Å². The molecule has 0 saturated carbocycles. The summed E-state index contributed by atoms with van der Waals surface area (Å²) in [6.45, 7) is 5.63. The predicted molar refractivity (Wildman–Crippen MR) is 102 cm³/mol. The molecule has 28 heavy (non-hydrogen) atoms. The van der Waals surface area contributed by atoms with Gasteiger partial charge in [0.15, 0.2) is 0 Å². The van der Waals surface area contributed by atoms with Crippen LogP contribution in [-0.2, 0) is 16.3 Å². The van der Waals surface area contributed by atoms with E-state index in [2.05, 4.69) is 6.58 Å². The molecule has 0 fully saturated rings. The normalized spacial score (nSPS) is 20.7. The average Bonchev–Trinajstić information content (AvgIpc) is 2.51. The fourth-order valence-corrected chi connectivity index (χ4v) is 4.45. The van der Waals surface area contributed by atoms with Gasteiger partial charge in [-0.25, -0.2) is 8.42 Å². The van der Waals surface area contributed by atoms with E-state index in [-0.39, 0.29) is 48.9 Å². The summed E-state index contributed by atoms with van der Waals surface area (Å²) in [5, 5.41) is 20.3. The van der Waals surface area contributed by atoms with Crippen molar-refractivity contribution in [2.45, 2.75) is 44.7 Å². The molecule has 2 atom stereocenters. The number of phenolic OH excluding ortho intramolecular Hbond substituents is 2. The van der Waals surface area contributed by atoms with Gasteiger partial charge in [-0.05, 0) is 50.2 Å². The maximum absolute atomic E-state index is 13.3. The van der Waals surface area contributed by atoms with Crippen molar-refractivity contribution in [1.29, 1.82) is 0 Å². The molecule has 1 aromatic carbocycles. The Balaban J connectivity index is 2.53. The van der Waals surface area contributed by atoms with Crippen molar-refractivity contribution >= 4 is 9.84 Å². The van der Waals surface area contributed by atoms with Gasteiger partial charge in [-0.3, -0.25) is 0 Å². The molecule has 0 heterocycles. The maximum Gasteiger partial charge on any atom is 0.412 e. The van der Waals surface area contributed by atoms with Crippen LogP contribution in [-0.4, -0.2) is 36.8 Å². The van der Waals surface area contributed by atoms with Crippen molar-refractivity contribution in [3.05, 3.63) is 47.1 Å². The van der Waals surface area contributed by atoms with Crippen LogP contribution in [0.2, 0.25) is 0 Å². The van der Waals surface area contributed by atoms with Crippen molar-refractivity contribution in [3.63, 3.8) is 0 Å². The number of allylic oxidation sites excluding steroid dienone is 3. The van der Waals surface area contributed by atoms with E-state index in [1.165, 1.54) is 6.07 Å². The van der Waals surface area contributed by atoms with E-state index in [1.807, 2.05) is 0 Å². The summed E-state index contributed by atoms with van der Waals surface area (Å²) in [6.07, 6.45) is -1.66. The van der Waals surface area contributed by atoms with Crippen molar-refractivity contribution in [2.75, 3.05) is 12.0 Å². The van der Waals surface area contributed by atoms with Crippen molar-refractivity contribution in [1.82, 2.24) is 0 Å². The van der Waals surface area contributed by atoms with Crippen LogP contribution in [0.1, 0.15) is 43.2 Å². The minimum atomic E-state index is -4.46. The first-order valence-corrected chi connectivity index (χ1v) is 11.0. The average molecular weight is 418 g/mol. The van der Waals surface area contributed by atoms with Crippen LogP contribution in [0.15, 0.2) is 35.9 Å². The second-order valence-electron chi connectivity index (χ2n) is 7.48. The summed E-state index contributed by atoms with van der Waals surface area (Å²) < 4.78 is 62.7. The number of sulfone groups is 1. The second-order valence-corrected chi connectivity index (χ2v) is 9.74. The molecule has 0 aliphatic heterocycles. The highest BCUT2D eigenvalue weighted by Gasteiger charge is 2.39. The number of halogens is 3.